The third-order valence-electron chi connectivity index (χ3n) is 18.3. The van der Waals surface area contributed by atoms with Crippen molar-refractivity contribution in [2.24, 2.45) is 0 Å². The normalized spacial score (nSPS) is 14.2. The van der Waals surface area contributed by atoms with Crippen LogP contribution in [0.2, 0.25) is 0 Å². The van der Waals surface area contributed by atoms with Crippen LogP contribution in [0.4, 0.5) is 17.1 Å². The van der Waals surface area contributed by atoms with Gasteiger partial charge in [0.05, 0.1) is 22.1 Å². The van der Waals surface area contributed by atoms with E-state index in [4.69, 9.17) is 0 Å². The zero-order valence-electron chi connectivity index (χ0n) is 47.0. The lowest BCUT2D eigenvalue weighted by Gasteiger charge is -2.33. The first-order valence-electron chi connectivity index (χ1n) is 28.6. The zero-order chi connectivity index (χ0) is 54.5. The molecule has 11 aromatic carbocycles. The molecular weight excluding hydrogens is 965 g/mol. The molecule has 0 fully saturated rings. The van der Waals surface area contributed by atoms with Gasteiger partial charge in [-0.1, -0.05) is 243 Å². The standard InChI is InChI=1S/C78H64N2/c1-75(2,3)50-39-42-57-58-43-40-51(76(4,5)6)47-69(58)78(68(57)46-50)65-34-17-12-27-56(65)63-48-54(41-44-66(63)78)79(70-36-18-14-28-59(70)60-32-21-35-67-73(60)61-29-13-16-33-64(61)77(67,7)8)53-26-20-23-49(45-53)55-31-22-38-72-74(55)62-30-15-19-37-71(62)80(72)52-24-10-9-11-25-52/h9-48H,1-8H3. The van der Waals surface area contributed by atoms with E-state index < -0.39 is 5.41 Å². The number of para-hydroxylation sites is 3. The highest BCUT2D eigenvalue weighted by Crippen LogP contribution is 2.64. The summed E-state index contributed by atoms with van der Waals surface area (Å²) in [5, 5.41) is 2.49. The molecule has 15 rings (SSSR count). The number of anilines is 3. The number of nitrogens with zero attached hydrogens (tertiary/aromatic N) is 2. The van der Waals surface area contributed by atoms with Crippen LogP contribution in [0.15, 0.2) is 243 Å². The minimum Gasteiger partial charge on any atom is -0.310 e. The fourth-order valence-corrected chi connectivity index (χ4v) is 14.5. The summed E-state index contributed by atoms with van der Waals surface area (Å²) in [6.07, 6.45) is 0. The molecule has 80 heavy (non-hydrogen) atoms. The molecule has 0 saturated carbocycles. The minimum atomic E-state index is -0.511. The predicted octanol–water partition coefficient (Wildman–Crippen LogP) is 20.8. The molecule has 0 unspecified atom stereocenters. The van der Waals surface area contributed by atoms with Gasteiger partial charge in [-0.2, -0.15) is 0 Å². The van der Waals surface area contributed by atoms with Crippen LogP contribution in [-0.2, 0) is 21.7 Å². The van der Waals surface area contributed by atoms with Gasteiger partial charge in [-0.3, -0.25) is 0 Å². The van der Waals surface area contributed by atoms with E-state index in [0.29, 0.717) is 0 Å². The van der Waals surface area contributed by atoms with Gasteiger partial charge < -0.3 is 9.47 Å². The van der Waals surface area contributed by atoms with Crippen molar-refractivity contribution in [3.63, 3.8) is 0 Å². The molecule has 1 spiro atoms. The quantitative estimate of drug-likeness (QED) is 0.161. The van der Waals surface area contributed by atoms with E-state index in [-0.39, 0.29) is 16.2 Å². The molecule has 0 atom stereocenters. The zero-order valence-corrected chi connectivity index (χ0v) is 47.0. The fourth-order valence-electron chi connectivity index (χ4n) is 14.5. The van der Waals surface area contributed by atoms with Crippen LogP contribution in [0.3, 0.4) is 0 Å². The summed E-state index contributed by atoms with van der Waals surface area (Å²) in [4.78, 5) is 2.55. The summed E-state index contributed by atoms with van der Waals surface area (Å²) < 4.78 is 2.42. The monoisotopic (exact) mass is 1030 g/mol. The van der Waals surface area contributed by atoms with Crippen molar-refractivity contribution in [3.8, 4) is 61.3 Å². The molecule has 0 radical (unpaired) electrons. The Morgan fingerprint density at radius 1 is 0.350 bits per heavy atom. The Balaban J connectivity index is 0.993. The Bertz CT molecular complexity index is 4470. The average Bonchev–Trinajstić information content (AvgIpc) is 3.84. The molecule has 3 aliphatic carbocycles. The van der Waals surface area contributed by atoms with Gasteiger partial charge in [-0.25, -0.2) is 0 Å². The number of fused-ring (bicyclic) bond motifs is 16. The second-order valence-electron chi connectivity index (χ2n) is 25.2. The van der Waals surface area contributed by atoms with Gasteiger partial charge in [-0.15, -0.1) is 0 Å². The van der Waals surface area contributed by atoms with Crippen LogP contribution in [-0.4, -0.2) is 4.57 Å². The Kier molecular flexibility index (Phi) is 10.4. The Morgan fingerprint density at radius 2 is 0.887 bits per heavy atom. The molecule has 0 aliphatic heterocycles. The lowest BCUT2D eigenvalue weighted by atomic mass is 9.69. The largest absolute Gasteiger partial charge is 0.310 e. The van der Waals surface area contributed by atoms with E-state index in [0.717, 1.165) is 28.3 Å². The molecule has 0 saturated heterocycles. The van der Waals surface area contributed by atoms with Crippen LogP contribution < -0.4 is 4.90 Å². The molecular formula is C78H64N2. The van der Waals surface area contributed by atoms with Gasteiger partial charge in [0.15, 0.2) is 0 Å². The van der Waals surface area contributed by atoms with E-state index in [1.807, 2.05) is 0 Å². The van der Waals surface area contributed by atoms with E-state index >= 15 is 0 Å². The maximum Gasteiger partial charge on any atom is 0.0725 e. The van der Waals surface area contributed by atoms with Crippen molar-refractivity contribution in [3.05, 3.63) is 287 Å². The molecule has 386 valence electrons. The van der Waals surface area contributed by atoms with Crippen LogP contribution in [0, 0.1) is 0 Å². The molecule has 0 bridgehead atoms. The average molecular weight is 1030 g/mol. The number of aromatic nitrogens is 1. The highest BCUT2D eigenvalue weighted by atomic mass is 15.1. The first-order chi connectivity index (χ1) is 38.7. The van der Waals surface area contributed by atoms with Gasteiger partial charge in [0.1, 0.15) is 0 Å². The summed E-state index contributed by atoms with van der Waals surface area (Å²) in [7, 11) is 0. The molecule has 1 aromatic heterocycles. The third kappa shape index (κ3) is 6.84. The number of rotatable bonds is 6. The lowest BCUT2D eigenvalue weighted by Crippen LogP contribution is -2.27. The number of hydrogen-bond donors (Lipinski definition) is 0. The summed E-state index contributed by atoms with van der Waals surface area (Å²) in [5.74, 6) is 0. The summed E-state index contributed by atoms with van der Waals surface area (Å²) in [5.41, 5.74) is 29.7. The molecule has 12 aromatic rings. The molecule has 2 heteroatoms. The van der Waals surface area contributed by atoms with Crippen molar-refractivity contribution < 1.29 is 0 Å². The second kappa shape index (κ2) is 17.3. The Hall–Kier alpha value is -8.98. The highest BCUT2D eigenvalue weighted by Gasteiger charge is 2.52. The minimum absolute atomic E-state index is 0.0317. The van der Waals surface area contributed by atoms with Gasteiger partial charge in [0.25, 0.3) is 0 Å². The van der Waals surface area contributed by atoms with E-state index in [2.05, 4.69) is 308 Å². The topological polar surface area (TPSA) is 8.17 Å². The van der Waals surface area contributed by atoms with E-state index in [1.54, 1.807) is 0 Å². The lowest BCUT2D eigenvalue weighted by molar-refractivity contribution is 0.586. The van der Waals surface area contributed by atoms with Crippen molar-refractivity contribution in [2.45, 2.75) is 77.0 Å². The van der Waals surface area contributed by atoms with E-state index in [1.165, 1.54) is 116 Å². The van der Waals surface area contributed by atoms with Gasteiger partial charge >= 0.3 is 0 Å². The molecule has 0 amide bonds. The van der Waals surface area contributed by atoms with Crippen LogP contribution in [0.5, 0.6) is 0 Å². The molecule has 0 N–H and O–H groups in total. The summed E-state index contributed by atoms with van der Waals surface area (Å²) in [6.45, 7) is 18.8. The van der Waals surface area contributed by atoms with Gasteiger partial charge in [0.2, 0.25) is 0 Å². The Morgan fingerprint density at radius 3 is 1.62 bits per heavy atom. The molecule has 3 aliphatic rings. The van der Waals surface area contributed by atoms with Crippen molar-refractivity contribution in [2.75, 3.05) is 4.90 Å². The van der Waals surface area contributed by atoms with Crippen molar-refractivity contribution in [1.82, 2.24) is 4.57 Å². The van der Waals surface area contributed by atoms with Crippen molar-refractivity contribution in [1.29, 1.82) is 0 Å². The number of benzene rings is 11. The van der Waals surface area contributed by atoms with Crippen LogP contribution in [0.1, 0.15) is 99.9 Å². The first-order valence-corrected chi connectivity index (χ1v) is 28.6. The van der Waals surface area contributed by atoms with Gasteiger partial charge in [-0.05, 0) is 160 Å². The van der Waals surface area contributed by atoms with Crippen molar-refractivity contribution >= 4 is 38.9 Å². The van der Waals surface area contributed by atoms with Crippen LogP contribution in [0.25, 0.3) is 83.1 Å². The highest BCUT2D eigenvalue weighted by molar-refractivity contribution is 6.16. The molecule has 1 heterocycles. The maximum atomic E-state index is 2.55. The SMILES string of the molecule is CC(C)(C)c1ccc2c(c1)C1(c3ccccc3-c3cc(N(c4cccc(-c5cccc6c5c5ccccc5n6-c5ccccc5)c4)c4ccccc4-c4cccc5c4-c4ccccc4C5(C)C)ccc31)c1cc(C(C)(C)C)ccc1-2. The third-order valence-corrected chi connectivity index (χ3v) is 18.3. The van der Waals surface area contributed by atoms with Crippen LogP contribution >= 0.6 is 0 Å². The fraction of sp³-hybridized carbons (Fsp3) is 0.154. The van der Waals surface area contributed by atoms with E-state index in [9.17, 15) is 0 Å². The maximum absolute atomic E-state index is 2.55. The van der Waals surface area contributed by atoms with Gasteiger partial charge in [0, 0.05) is 38.8 Å². The summed E-state index contributed by atoms with van der Waals surface area (Å²) >= 11 is 0. The second-order valence-corrected chi connectivity index (χ2v) is 25.2. The number of hydrogen-bond acceptors (Lipinski definition) is 1. The summed E-state index contributed by atoms with van der Waals surface area (Å²) in [6, 6.07) is 92.4. The molecule has 2 nitrogen and oxygen atoms in total. The predicted molar refractivity (Wildman–Crippen MR) is 338 cm³/mol. The Labute approximate surface area is 471 Å². The smallest absolute Gasteiger partial charge is 0.0725 e. The first kappa shape index (κ1) is 48.2.